The summed E-state index contributed by atoms with van der Waals surface area (Å²) < 4.78 is 66.4. The molecule has 0 heterocycles. The van der Waals surface area contributed by atoms with Gasteiger partial charge in [-0.15, -0.1) is 0 Å². The maximum atomic E-state index is 11.9. The number of aryl methyl sites for hydroxylation is 1. The largest absolute Gasteiger partial charge is 0.354 e. The van der Waals surface area contributed by atoms with E-state index in [0.717, 1.165) is 18.6 Å². The molecule has 14 heteroatoms. The summed E-state index contributed by atoms with van der Waals surface area (Å²) in [6, 6.07) is 2.16. The molecule has 1 aliphatic rings. The molecule has 170 valence electrons. The van der Waals surface area contributed by atoms with Gasteiger partial charge in [-0.1, -0.05) is 13.0 Å². The highest BCUT2D eigenvalue weighted by molar-refractivity contribution is 7.95. The number of allylic oxidation sites excluding steroid dienone is 1. The Hall–Kier alpha value is -2.65. The fraction of sp³-hybridized carbons (Fsp3) is 0.353. The number of rotatable bonds is 6. The fourth-order valence-corrected chi connectivity index (χ4v) is 4.27. The van der Waals surface area contributed by atoms with Gasteiger partial charge in [0.1, 0.15) is 0 Å². The van der Waals surface area contributed by atoms with Crippen molar-refractivity contribution in [3.8, 4) is 0 Å². The van der Waals surface area contributed by atoms with Gasteiger partial charge < -0.3 is 16.4 Å². The first kappa shape index (κ1) is 24.6. The average molecular weight is 473 g/mol. The summed E-state index contributed by atoms with van der Waals surface area (Å²) in [6.07, 6.45) is 2.61. The molecule has 2 rings (SSSR count). The molecule has 0 saturated carbocycles. The summed E-state index contributed by atoms with van der Waals surface area (Å²) in [5.41, 5.74) is 5.70. The lowest BCUT2D eigenvalue weighted by molar-refractivity contribution is 0.483. The zero-order valence-corrected chi connectivity index (χ0v) is 18.4. The van der Waals surface area contributed by atoms with Crippen LogP contribution in [0.25, 0.3) is 4.91 Å². The van der Waals surface area contributed by atoms with Crippen molar-refractivity contribution < 1.29 is 25.9 Å². The van der Waals surface area contributed by atoms with Gasteiger partial charge in [0, 0.05) is 12.1 Å². The molecule has 12 nitrogen and oxygen atoms in total. The topological polar surface area (TPSA) is 196 Å². The Morgan fingerprint density at radius 2 is 1.90 bits per heavy atom. The van der Waals surface area contributed by atoms with E-state index in [0.29, 0.717) is 6.54 Å². The summed E-state index contributed by atoms with van der Waals surface area (Å²) in [6.45, 7) is 5.79. The number of hydrogen-bond acceptors (Lipinski definition) is 6. The highest BCUT2D eigenvalue weighted by Crippen LogP contribution is 2.37. The SMILES string of the molecule is C=N/C(=N\C(=N/CN)NCCC)Nc1cc(S(=O)(=O)O)cc2c1C(S(=O)(=O)O)=CCC2. The van der Waals surface area contributed by atoms with Crippen molar-refractivity contribution in [1.29, 1.82) is 0 Å². The average Bonchev–Trinajstić information content (AvgIpc) is 2.69. The van der Waals surface area contributed by atoms with Crippen LogP contribution in [0, 0.1) is 0 Å². The molecule has 1 aromatic carbocycles. The van der Waals surface area contributed by atoms with Crippen LogP contribution in [0.5, 0.6) is 0 Å². The number of nitrogens with one attached hydrogen (secondary N) is 2. The van der Waals surface area contributed by atoms with Crippen LogP contribution in [0.15, 0.2) is 38.1 Å². The highest BCUT2D eigenvalue weighted by atomic mass is 32.2. The van der Waals surface area contributed by atoms with Crippen molar-refractivity contribution >= 4 is 49.5 Å². The Labute approximate surface area is 180 Å². The summed E-state index contributed by atoms with van der Waals surface area (Å²) in [7, 11) is -9.23. The molecule has 31 heavy (non-hydrogen) atoms. The highest BCUT2D eigenvalue weighted by Gasteiger charge is 2.28. The first-order valence-electron chi connectivity index (χ1n) is 9.14. The van der Waals surface area contributed by atoms with Crippen molar-refractivity contribution in [3.05, 3.63) is 29.3 Å². The monoisotopic (exact) mass is 472 g/mol. The Bertz CT molecular complexity index is 1160. The van der Waals surface area contributed by atoms with Crippen molar-refractivity contribution in [2.24, 2.45) is 20.7 Å². The molecule has 0 atom stereocenters. The summed E-state index contributed by atoms with van der Waals surface area (Å²) in [5.74, 6) is -0.0182. The molecular weight excluding hydrogens is 448 g/mol. The lowest BCUT2D eigenvalue weighted by Crippen LogP contribution is -2.26. The Balaban J connectivity index is 2.66. The third kappa shape index (κ3) is 6.41. The lowest BCUT2D eigenvalue weighted by Gasteiger charge is -2.21. The molecule has 1 aromatic rings. The van der Waals surface area contributed by atoms with Gasteiger partial charge in [0.2, 0.25) is 11.9 Å². The third-order valence-electron chi connectivity index (χ3n) is 4.14. The fourth-order valence-electron chi connectivity index (χ4n) is 2.88. The summed E-state index contributed by atoms with van der Waals surface area (Å²) >= 11 is 0. The molecule has 0 amide bonds. The van der Waals surface area contributed by atoms with Gasteiger partial charge >= 0.3 is 0 Å². The molecular formula is C17H24N6O6S2. The first-order chi connectivity index (χ1) is 14.5. The number of fused-ring (bicyclic) bond motifs is 1. The Kier molecular flexibility index (Phi) is 8.02. The van der Waals surface area contributed by atoms with Crippen LogP contribution < -0.4 is 16.4 Å². The zero-order chi connectivity index (χ0) is 23.2. The van der Waals surface area contributed by atoms with E-state index in [1.165, 1.54) is 6.08 Å². The minimum Gasteiger partial charge on any atom is -0.354 e. The van der Waals surface area contributed by atoms with E-state index in [1.54, 1.807) is 0 Å². The molecule has 0 radical (unpaired) electrons. The predicted molar refractivity (Wildman–Crippen MR) is 119 cm³/mol. The first-order valence-corrected chi connectivity index (χ1v) is 12.0. The molecule has 0 aliphatic heterocycles. The van der Waals surface area contributed by atoms with Gasteiger partial charge in [0.25, 0.3) is 20.2 Å². The number of guanidine groups is 2. The minimum atomic E-state index is -4.63. The van der Waals surface area contributed by atoms with E-state index in [-0.39, 0.29) is 48.2 Å². The third-order valence-corrected chi connectivity index (χ3v) is 5.90. The standard InChI is InChI=1S/C17H24N6O6S2/c1-3-7-20-17(21-10-18)23-16(19-2)22-13-9-12(30(24,25)26)8-11-5-4-6-14(15(11)13)31(27,28)29/h6,8-9H,2-5,7,10,18H2,1H3,(H,24,25,26)(H,27,28,29)(H2,20,21,22,23). The van der Waals surface area contributed by atoms with Crippen LogP contribution >= 0.6 is 0 Å². The van der Waals surface area contributed by atoms with Gasteiger partial charge in [-0.25, -0.2) is 9.98 Å². The van der Waals surface area contributed by atoms with E-state index in [9.17, 15) is 25.9 Å². The summed E-state index contributed by atoms with van der Waals surface area (Å²) in [4.78, 5) is 11.0. The van der Waals surface area contributed by atoms with Crippen LogP contribution in [0.2, 0.25) is 0 Å². The van der Waals surface area contributed by atoms with Gasteiger partial charge in [0.05, 0.1) is 22.2 Å². The van der Waals surface area contributed by atoms with E-state index >= 15 is 0 Å². The van der Waals surface area contributed by atoms with E-state index < -0.39 is 30.0 Å². The van der Waals surface area contributed by atoms with Crippen LogP contribution in [-0.2, 0) is 26.7 Å². The van der Waals surface area contributed by atoms with Gasteiger partial charge in [-0.05, 0) is 43.7 Å². The minimum absolute atomic E-state index is 0.0383. The number of nitrogens with two attached hydrogens (primary N) is 1. The van der Waals surface area contributed by atoms with E-state index in [1.807, 2.05) is 6.92 Å². The number of anilines is 1. The smallest absolute Gasteiger partial charge is 0.294 e. The Morgan fingerprint density at radius 1 is 1.19 bits per heavy atom. The maximum Gasteiger partial charge on any atom is 0.294 e. The lowest BCUT2D eigenvalue weighted by atomic mass is 9.95. The second kappa shape index (κ2) is 10.1. The number of benzene rings is 1. The van der Waals surface area contributed by atoms with E-state index in [4.69, 9.17) is 5.73 Å². The summed E-state index contributed by atoms with van der Waals surface area (Å²) in [5, 5.41) is 5.63. The van der Waals surface area contributed by atoms with E-state index in [2.05, 4.69) is 32.3 Å². The zero-order valence-electron chi connectivity index (χ0n) is 16.7. The molecule has 0 aromatic heterocycles. The molecule has 0 fully saturated rings. The van der Waals surface area contributed by atoms with Crippen LogP contribution in [0.3, 0.4) is 0 Å². The second-order valence-corrected chi connectivity index (χ2v) is 9.18. The number of hydrogen-bond donors (Lipinski definition) is 5. The maximum absolute atomic E-state index is 11.9. The second-order valence-electron chi connectivity index (χ2n) is 6.37. The van der Waals surface area contributed by atoms with Crippen molar-refractivity contribution in [2.75, 3.05) is 18.5 Å². The van der Waals surface area contributed by atoms with Crippen LogP contribution in [0.4, 0.5) is 5.69 Å². The normalized spacial score (nSPS) is 15.2. The molecule has 0 unspecified atom stereocenters. The van der Waals surface area contributed by atoms with Gasteiger partial charge in [0.15, 0.2) is 0 Å². The molecule has 1 aliphatic carbocycles. The van der Waals surface area contributed by atoms with Gasteiger partial charge in [-0.2, -0.15) is 21.8 Å². The Morgan fingerprint density at radius 3 is 2.45 bits per heavy atom. The molecule has 6 N–H and O–H groups in total. The molecule has 0 bridgehead atoms. The van der Waals surface area contributed by atoms with Crippen molar-refractivity contribution in [2.45, 2.75) is 31.1 Å². The van der Waals surface area contributed by atoms with Gasteiger partial charge in [-0.3, -0.25) is 9.11 Å². The predicted octanol–water partition coefficient (Wildman–Crippen LogP) is 0.849. The van der Waals surface area contributed by atoms with Crippen LogP contribution in [-0.4, -0.2) is 57.8 Å². The quantitative estimate of drug-likeness (QED) is 0.226. The van der Waals surface area contributed by atoms with Crippen LogP contribution in [0.1, 0.15) is 30.9 Å². The van der Waals surface area contributed by atoms with Crippen molar-refractivity contribution in [3.63, 3.8) is 0 Å². The van der Waals surface area contributed by atoms with Crippen molar-refractivity contribution in [1.82, 2.24) is 5.32 Å². The number of nitrogens with zero attached hydrogens (tertiary/aromatic N) is 3. The molecule has 0 spiro atoms. The number of aliphatic imine (C=N–C) groups is 3. The molecule has 0 saturated heterocycles.